The molecule has 1 heterocycles. The van der Waals surface area contributed by atoms with E-state index >= 15 is 0 Å². The largest absolute Gasteiger partial charge is 0.341 e. The van der Waals surface area contributed by atoms with Crippen molar-refractivity contribution in [3.8, 4) is 23.7 Å². The molecule has 9 nitrogen and oxygen atoms in total. The van der Waals surface area contributed by atoms with E-state index in [0.717, 1.165) is 18.1 Å². The maximum atomic E-state index is 13.9. The summed E-state index contributed by atoms with van der Waals surface area (Å²) in [5.74, 6) is 8.98. The monoisotopic (exact) mass is 507 g/mol. The lowest BCUT2D eigenvalue weighted by Crippen LogP contribution is -2.69. The van der Waals surface area contributed by atoms with Crippen LogP contribution in [-0.4, -0.2) is 54.3 Å². The third-order valence-corrected chi connectivity index (χ3v) is 5.48. The molecule has 37 heavy (non-hydrogen) atoms. The molecule has 0 radical (unpaired) electrons. The van der Waals surface area contributed by atoms with Gasteiger partial charge >= 0.3 is 6.03 Å². The maximum absolute atomic E-state index is 13.9. The number of halogens is 2. The molecule has 0 aliphatic carbocycles. The fraction of sp³-hybridized carbons (Fsp3) is 0.231. The summed E-state index contributed by atoms with van der Waals surface area (Å²) < 4.78 is 27.7. The lowest BCUT2D eigenvalue weighted by Gasteiger charge is -2.36. The van der Waals surface area contributed by atoms with Gasteiger partial charge in [0.15, 0.2) is 0 Å². The van der Waals surface area contributed by atoms with Crippen LogP contribution in [0.5, 0.6) is 0 Å². The van der Waals surface area contributed by atoms with Gasteiger partial charge in [-0.3, -0.25) is 19.8 Å². The molecule has 0 spiro atoms. The average Bonchev–Trinajstić information content (AvgIpc) is 3.75. The number of urea groups is 1. The van der Waals surface area contributed by atoms with Crippen LogP contribution in [0.4, 0.5) is 13.6 Å². The van der Waals surface area contributed by atoms with Crippen molar-refractivity contribution < 1.29 is 28.4 Å². The van der Waals surface area contributed by atoms with E-state index in [-0.39, 0.29) is 11.6 Å². The first-order chi connectivity index (χ1) is 17.7. The number of carbonyl (C=O) groups excluding carboxylic acids is 3. The van der Waals surface area contributed by atoms with Crippen LogP contribution in [0.2, 0.25) is 0 Å². The Kier molecular flexibility index (Phi) is 8.56. The molecule has 0 bridgehead atoms. The summed E-state index contributed by atoms with van der Waals surface area (Å²) in [4.78, 5) is 40.6. The van der Waals surface area contributed by atoms with Gasteiger partial charge in [0.2, 0.25) is 0 Å². The Morgan fingerprint density at radius 3 is 2.00 bits per heavy atom. The Labute approximate surface area is 211 Å². The van der Waals surface area contributed by atoms with E-state index < -0.39 is 35.9 Å². The zero-order valence-electron chi connectivity index (χ0n) is 19.8. The molecule has 5 N–H and O–H groups in total. The minimum Gasteiger partial charge on any atom is -0.341 e. The molecule has 2 unspecified atom stereocenters. The van der Waals surface area contributed by atoms with Gasteiger partial charge in [0, 0.05) is 30.0 Å². The molecular formula is C26H23F2N5O4. The zero-order chi connectivity index (χ0) is 27.0. The van der Waals surface area contributed by atoms with Gasteiger partial charge in [-0.2, -0.15) is 0 Å². The second-order valence-corrected chi connectivity index (χ2v) is 8.11. The molecule has 3 atom stereocenters. The van der Waals surface area contributed by atoms with E-state index in [9.17, 15) is 23.2 Å². The van der Waals surface area contributed by atoms with Gasteiger partial charge in [-0.1, -0.05) is 24.0 Å². The number of hydrogen-bond acceptors (Lipinski definition) is 5. The van der Waals surface area contributed by atoms with Gasteiger partial charge in [0.05, 0.1) is 0 Å². The molecule has 1 aliphatic heterocycles. The molecule has 1 aliphatic rings. The Morgan fingerprint density at radius 1 is 1.00 bits per heavy atom. The molecule has 3 rings (SSSR count). The number of hydroxylamine groups is 1. The Bertz CT molecular complexity index is 1320. The number of nitrogens with zero attached hydrogens (tertiary/aromatic N) is 1. The van der Waals surface area contributed by atoms with Crippen molar-refractivity contribution in [3.63, 3.8) is 0 Å². The summed E-state index contributed by atoms with van der Waals surface area (Å²) in [6.07, 6.45) is -1.42. The van der Waals surface area contributed by atoms with Crippen molar-refractivity contribution in [1.29, 1.82) is 0 Å². The molecule has 190 valence electrons. The topological polar surface area (TPSA) is 132 Å². The van der Waals surface area contributed by atoms with Crippen molar-refractivity contribution in [2.24, 2.45) is 4.99 Å². The maximum Gasteiger partial charge on any atom is 0.315 e. The third kappa shape index (κ3) is 6.90. The highest BCUT2D eigenvalue weighted by Gasteiger charge is 2.48. The first-order valence-corrected chi connectivity index (χ1v) is 11.0. The molecule has 0 fully saturated rings. The van der Waals surface area contributed by atoms with Crippen molar-refractivity contribution in [2.75, 3.05) is 7.05 Å². The number of amides is 4. The van der Waals surface area contributed by atoms with Crippen LogP contribution in [-0.2, 0) is 4.79 Å². The van der Waals surface area contributed by atoms with Crippen molar-refractivity contribution in [3.05, 3.63) is 70.8 Å². The number of alkyl halides is 2. The molecule has 4 amide bonds. The van der Waals surface area contributed by atoms with E-state index in [1.165, 1.54) is 36.8 Å². The third-order valence-electron chi connectivity index (χ3n) is 5.48. The van der Waals surface area contributed by atoms with E-state index in [0.29, 0.717) is 5.56 Å². The summed E-state index contributed by atoms with van der Waals surface area (Å²) in [5.41, 5.74) is 1.17. The zero-order valence-corrected chi connectivity index (χ0v) is 19.8. The number of rotatable bonds is 7. The standard InChI is InChI=1S/C26H23F2N5O4/c1-26(24(27)28,32-25(36)29-2)21(23(35)33-37)31-22(34)19-13-9-17(10-14-19)6-4-3-5-16-7-11-18(12-8-16)20-15-30-20/h7-15,20-21,24,37H,1-2H3,(H,31,34)(H,33,35)(H2,29,32,36)/t20?,21-,26?/m1/s1. The average molecular weight is 507 g/mol. The number of nitrogens with one attached hydrogen (secondary N) is 4. The number of benzene rings is 2. The Morgan fingerprint density at radius 2 is 1.54 bits per heavy atom. The van der Waals surface area contributed by atoms with Crippen LogP contribution in [0, 0.1) is 23.7 Å². The second-order valence-electron chi connectivity index (χ2n) is 8.11. The lowest BCUT2D eigenvalue weighted by atomic mass is 9.91. The summed E-state index contributed by atoms with van der Waals surface area (Å²) >= 11 is 0. The second kappa shape index (κ2) is 11.8. The summed E-state index contributed by atoms with van der Waals surface area (Å²) in [6, 6.07) is 10.6. The van der Waals surface area contributed by atoms with E-state index in [1.54, 1.807) is 0 Å². The molecule has 0 saturated heterocycles. The smallest absolute Gasteiger partial charge is 0.315 e. The highest BCUT2D eigenvalue weighted by atomic mass is 19.3. The molecule has 2 aromatic rings. The predicted molar refractivity (Wildman–Crippen MR) is 131 cm³/mol. The Hall–Kier alpha value is -4.74. The van der Waals surface area contributed by atoms with Gasteiger partial charge in [0.25, 0.3) is 18.2 Å². The van der Waals surface area contributed by atoms with Crippen LogP contribution in [0.15, 0.2) is 53.5 Å². The lowest BCUT2D eigenvalue weighted by molar-refractivity contribution is -0.135. The quantitative estimate of drug-likeness (QED) is 0.222. The van der Waals surface area contributed by atoms with Crippen LogP contribution < -0.4 is 21.4 Å². The summed E-state index contributed by atoms with van der Waals surface area (Å²) in [6.45, 7) is 0.864. The number of aliphatic imine (C=N–C) groups is 1. The first kappa shape index (κ1) is 26.9. The van der Waals surface area contributed by atoms with Crippen LogP contribution >= 0.6 is 0 Å². The van der Waals surface area contributed by atoms with Gasteiger partial charge in [0.1, 0.15) is 17.6 Å². The minimum atomic E-state index is -3.28. The van der Waals surface area contributed by atoms with Crippen LogP contribution in [0.25, 0.3) is 0 Å². The predicted octanol–water partition coefficient (Wildman–Crippen LogP) is 1.77. The van der Waals surface area contributed by atoms with Gasteiger partial charge in [-0.05, 0) is 60.7 Å². The SMILES string of the molecule is CNC(=O)NC(C)(C(F)F)[C@H](NC(=O)c1ccc(C#CC#Cc2ccc(C3C=N3)cc2)cc1)C(=O)NO. The fourth-order valence-electron chi connectivity index (χ4n) is 3.22. The molecular weight excluding hydrogens is 484 g/mol. The van der Waals surface area contributed by atoms with Crippen LogP contribution in [0.3, 0.4) is 0 Å². The highest BCUT2D eigenvalue weighted by Crippen LogP contribution is 2.24. The van der Waals surface area contributed by atoms with Crippen LogP contribution in [0.1, 0.15) is 40.0 Å². The number of hydrogen-bond donors (Lipinski definition) is 5. The number of carbonyl (C=O) groups is 3. The molecule has 11 heteroatoms. The molecule has 0 saturated carbocycles. The van der Waals surface area contributed by atoms with Gasteiger partial charge in [-0.15, -0.1) is 0 Å². The highest BCUT2D eigenvalue weighted by molar-refractivity contribution is 5.98. The van der Waals surface area contributed by atoms with Crippen molar-refractivity contribution in [1.82, 2.24) is 21.4 Å². The molecule has 2 aromatic carbocycles. The van der Waals surface area contributed by atoms with E-state index in [1.807, 2.05) is 35.8 Å². The summed E-state index contributed by atoms with van der Waals surface area (Å²) in [7, 11) is 1.19. The van der Waals surface area contributed by atoms with Crippen molar-refractivity contribution >= 4 is 24.1 Å². The van der Waals surface area contributed by atoms with E-state index in [4.69, 9.17) is 5.21 Å². The first-order valence-electron chi connectivity index (χ1n) is 11.0. The van der Waals surface area contributed by atoms with Gasteiger partial charge < -0.3 is 16.0 Å². The van der Waals surface area contributed by atoms with Crippen molar-refractivity contribution in [2.45, 2.75) is 31.0 Å². The summed E-state index contributed by atoms with van der Waals surface area (Å²) in [5, 5.41) is 15.2. The normalized spacial score (nSPS) is 15.6. The fourth-order valence-corrected chi connectivity index (χ4v) is 3.22. The van der Waals surface area contributed by atoms with Gasteiger partial charge in [-0.25, -0.2) is 19.1 Å². The Balaban J connectivity index is 1.69. The van der Waals surface area contributed by atoms with E-state index in [2.05, 4.69) is 39.3 Å². The minimum absolute atomic E-state index is 0.0312. The molecule has 0 aromatic heterocycles.